The quantitative estimate of drug-likeness (QED) is 0.752. The minimum absolute atomic E-state index is 0.314. The van der Waals surface area contributed by atoms with Crippen LogP contribution in [0.3, 0.4) is 0 Å². The lowest BCUT2D eigenvalue weighted by molar-refractivity contribution is 0.217. The van der Waals surface area contributed by atoms with Crippen LogP contribution < -0.4 is 0 Å². The summed E-state index contributed by atoms with van der Waals surface area (Å²) < 4.78 is 0. The zero-order valence-electron chi connectivity index (χ0n) is 8.20. The van der Waals surface area contributed by atoms with Crippen LogP contribution in [0.1, 0.15) is 26.2 Å². The van der Waals surface area contributed by atoms with Gasteiger partial charge < -0.3 is 5.11 Å². The van der Waals surface area contributed by atoms with Crippen LogP contribution in [-0.4, -0.2) is 17.0 Å². The largest absolute Gasteiger partial charge is 0.396 e. The van der Waals surface area contributed by atoms with Crippen molar-refractivity contribution in [3.05, 3.63) is 23.6 Å². The van der Waals surface area contributed by atoms with Crippen molar-refractivity contribution >= 4 is 11.8 Å². The molecule has 1 aliphatic rings. The van der Waals surface area contributed by atoms with Gasteiger partial charge in [0, 0.05) is 11.9 Å². The van der Waals surface area contributed by atoms with E-state index in [0.717, 1.165) is 19.3 Å². The summed E-state index contributed by atoms with van der Waals surface area (Å²) in [5.41, 5.74) is 1.21. The van der Waals surface area contributed by atoms with E-state index in [0.29, 0.717) is 17.8 Å². The topological polar surface area (TPSA) is 20.2 Å². The molecular weight excluding hydrogens is 180 g/mol. The molecule has 0 spiro atoms. The maximum absolute atomic E-state index is 9.18. The number of thioether (sulfide) groups is 1. The van der Waals surface area contributed by atoms with Gasteiger partial charge in [0.2, 0.25) is 0 Å². The van der Waals surface area contributed by atoms with Gasteiger partial charge in [-0.1, -0.05) is 31.6 Å². The maximum atomic E-state index is 9.18. The third kappa shape index (κ3) is 3.20. The smallest absolute Gasteiger partial charge is 0.0469 e. The van der Waals surface area contributed by atoms with E-state index >= 15 is 0 Å². The maximum Gasteiger partial charge on any atom is 0.0469 e. The van der Waals surface area contributed by atoms with Gasteiger partial charge in [0.15, 0.2) is 0 Å². The van der Waals surface area contributed by atoms with Crippen molar-refractivity contribution in [1.82, 2.24) is 0 Å². The molecule has 0 saturated carbocycles. The van der Waals surface area contributed by atoms with Gasteiger partial charge in [0.1, 0.15) is 0 Å². The molecule has 13 heavy (non-hydrogen) atoms. The first-order valence-corrected chi connectivity index (χ1v) is 5.82. The molecule has 0 saturated heterocycles. The van der Waals surface area contributed by atoms with Gasteiger partial charge in [-0.3, -0.25) is 0 Å². The minimum Gasteiger partial charge on any atom is -0.396 e. The van der Waals surface area contributed by atoms with Gasteiger partial charge >= 0.3 is 0 Å². The fourth-order valence-corrected chi connectivity index (χ4v) is 2.80. The second-order valence-corrected chi connectivity index (χ2v) is 4.67. The Labute approximate surface area is 84.9 Å². The molecule has 0 bridgehead atoms. The van der Waals surface area contributed by atoms with E-state index in [1.54, 1.807) is 0 Å². The van der Waals surface area contributed by atoms with Gasteiger partial charge in [0.25, 0.3) is 0 Å². The number of hydrogen-bond donors (Lipinski definition) is 1. The highest BCUT2D eigenvalue weighted by Crippen LogP contribution is 2.31. The van der Waals surface area contributed by atoms with Gasteiger partial charge in [-0.2, -0.15) is 0 Å². The van der Waals surface area contributed by atoms with Crippen molar-refractivity contribution in [2.75, 3.05) is 6.61 Å². The molecule has 0 aromatic rings. The molecule has 1 rings (SSSR count). The predicted octanol–water partition coefficient (Wildman–Crippen LogP) is 2.97. The summed E-state index contributed by atoms with van der Waals surface area (Å²) in [5, 5.41) is 11.9. The van der Waals surface area contributed by atoms with Crippen LogP contribution in [0.25, 0.3) is 0 Å². The van der Waals surface area contributed by atoms with Crippen LogP contribution in [0, 0.1) is 5.92 Å². The summed E-state index contributed by atoms with van der Waals surface area (Å²) in [5.74, 6) is 0.445. The molecule has 0 radical (unpaired) electrons. The monoisotopic (exact) mass is 198 g/mol. The first-order valence-electron chi connectivity index (χ1n) is 4.88. The summed E-state index contributed by atoms with van der Waals surface area (Å²) in [4.78, 5) is 0. The molecule has 2 atom stereocenters. The summed E-state index contributed by atoms with van der Waals surface area (Å²) >= 11 is 1.84. The molecule has 2 heteroatoms. The van der Waals surface area contributed by atoms with Gasteiger partial charge in [-0.25, -0.2) is 0 Å². The number of hydrogen-bond acceptors (Lipinski definition) is 2. The number of aliphatic hydroxyl groups excluding tert-OH is 1. The molecular formula is C11H18OS. The van der Waals surface area contributed by atoms with Crippen LogP contribution in [0.4, 0.5) is 0 Å². The molecule has 1 N–H and O–H groups in total. The second kappa shape index (κ2) is 5.51. The van der Waals surface area contributed by atoms with Crippen molar-refractivity contribution < 1.29 is 5.11 Å². The minimum atomic E-state index is 0.314. The Kier molecular flexibility index (Phi) is 4.60. The van der Waals surface area contributed by atoms with E-state index in [9.17, 15) is 5.11 Å². The summed E-state index contributed by atoms with van der Waals surface area (Å²) in [6, 6.07) is 0. The molecule has 1 aliphatic heterocycles. The average Bonchev–Trinajstić information content (AvgIpc) is 2.34. The van der Waals surface area contributed by atoms with Crippen LogP contribution in [0.5, 0.6) is 0 Å². The first kappa shape index (κ1) is 10.9. The van der Waals surface area contributed by atoms with Crippen molar-refractivity contribution in [2.45, 2.75) is 31.4 Å². The molecule has 1 heterocycles. The number of rotatable bonds is 3. The molecule has 0 fully saturated rings. The molecule has 0 aliphatic carbocycles. The second-order valence-electron chi connectivity index (χ2n) is 3.53. The Morgan fingerprint density at radius 2 is 2.54 bits per heavy atom. The first-order chi connectivity index (χ1) is 6.27. The molecule has 2 unspecified atom stereocenters. The van der Waals surface area contributed by atoms with Crippen molar-refractivity contribution in [3.8, 4) is 0 Å². The standard InChI is InChI=1S/C11H18OS/c1-3-10(8-12)11-5-4-9(2)6-7-13-11/h6-7,10-12H,2-5,8H2,1H3. The van der Waals surface area contributed by atoms with E-state index < -0.39 is 0 Å². The molecule has 0 amide bonds. The zero-order valence-corrected chi connectivity index (χ0v) is 9.02. The number of allylic oxidation sites excluding steroid dienone is 2. The molecule has 0 aromatic heterocycles. The molecule has 74 valence electrons. The van der Waals surface area contributed by atoms with Crippen LogP contribution >= 0.6 is 11.8 Å². The van der Waals surface area contributed by atoms with Crippen molar-refractivity contribution in [1.29, 1.82) is 0 Å². The average molecular weight is 198 g/mol. The predicted molar refractivity (Wildman–Crippen MR) is 59.8 cm³/mol. The van der Waals surface area contributed by atoms with E-state index in [1.807, 2.05) is 11.8 Å². The molecule has 1 nitrogen and oxygen atoms in total. The van der Waals surface area contributed by atoms with Crippen LogP contribution in [0.2, 0.25) is 0 Å². The van der Waals surface area contributed by atoms with Gasteiger partial charge in [-0.15, -0.1) is 11.8 Å². The van der Waals surface area contributed by atoms with Crippen molar-refractivity contribution in [3.63, 3.8) is 0 Å². The summed E-state index contributed by atoms with van der Waals surface area (Å²) in [7, 11) is 0. The Morgan fingerprint density at radius 3 is 3.15 bits per heavy atom. The highest BCUT2D eigenvalue weighted by atomic mass is 32.2. The lowest BCUT2D eigenvalue weighted by Gasteiger charge is -2.21. The van der Waals surface area contributed by atoms with Crippen LogP contribution in [0.15, 0.2) is 23.6 Å². The SMILES string of the molecule is C=C1C=CSC(C(CC)CO)CC1. The number of aliphatic hydroxyl groups is 1. The Hall–Kier alpha value is -0.210. The van der Waals surface area contributed by atoms with E-state index in [4.69, 9.17) is 0 Å². The zero-order chi connectivity index (χ0) is 9.68. The third-order valence-corrected chi connectivity index (χ3v) is 3.86. The lowest BCUT2D eigenvalue weighted by atomic mass is 9.98. The summed E-state index contributed by atoms with van der Waals surface area (Å²) in [6.45, 7) is 6.41. The highest BCUT2D eigenvalue weighted by Gasteiger charge is 2.20. The van der Waals surface area contributed by atoms with Gasteiger partial charge in [0.05, 0.1) is 0 Å². The normalized spacial score (nSPS) is 25.7. The fraction of sp³-hybridized carbons (Fsp3) is 0.636. The van der Waals surface area contributed by atoms with Gasteiger partial charge in [-0.05, 0) is 24.2 Å². The fourth-order valence-electron chi connectivity index (χ4n) is 1.57. The Bertz CT molecular complexity index is 194. The van der Waals surface area contributed by atoms with E-state index in [-0.39, 0.29) is 0 Å². The van der Waals surface area contributed by atoms with E-state index in [2.05, 4.69) is 25.0 Å². The lowest BCUT2D eigenvalue weighted by Crippen LogP contribution is -2.19. The van der Waals surface area contributed by atoms with Crippen molar-refractivity contribution in [2.24, 2.45) is 5.92 Å². The highest BCUT2D eigenvalue weighted by molar-refractivity contribution is 8.02. The Balaban J connectivity index is 2.51. The third-order valence-electron chi connectivity index (χ3n) is 2.59. The van der Waals surface area contributed by atoms with E-state index in [1.165, 1.54) is 5.57 Å². The molecule has 0 aromatic carbocycles. The Morgan fingerprint density at radius 1 is 1.77 bits per heavy atom. The summed E-state index contributed by atoms with van der Waals surface area (Å²) in [6.07, 6.45) is 5.38. The van der Waals surface area contributed by atoms with Crippen LogP contribution in [-0.2, 0) is 0 Å².